The minimum Gasteiger partial charge on any atom is -0.508 e. The third kappa shape index (κ3) is 7.15. The second-order valence-corrected chi connectivity index (χ2v) is 7.66. The van der Waals surface area contributed by atoms with Crippen LogP contribution in [0.25, 0.3) is 0 Å². The van der Waals surface area contributed by atoms with Gasteiger partial charge in [0.25, 0.3) is 0 Å². The molecule has 2 rings (SSSR count). The van der Waals surface area contributed by atoms with E-state index in [4.69, 9.17) is 0 Å². The Hall–Kier alpha value is -3.01. The van der Waals surface area contributed by atoms with E-state index in [9.17, 15) is 20.1 Å². The molecule has 0 heterocycles. The largest absolute Gasteiger partial charge is 0.508 e. The molecule has 0 atom stereocenters. The second kappa shape index (κ2) is 10.5. The summed E-state index contributed by atoms with van der Waals surface area (Å²) < 4.78 is 0. The van der Waals surface area contributed by atoms with Crippen LogP contribution in [0.2, 0.25) is 0 Å². The van der Waals surface area contributed by atoms with Crippen molar-refractivity contribution in [3.63, 3.8) is 0 Å². The van der Waals surface area contributed by atoms with Gasteiger partial charge in [-0.2, -0.15) is 0 Å². The Balaban J connectivity index is 2.06. The zero-order valence-corrected chi connectivity index (χ0v) is 17.4. The van der Waals surface area contributed by atoms with Crippen LogP contribution in [0.5, 0.6) is 17.2 Å². The maximum absolute atomic E-state index is 12.6. The summed E-state index contributed by atoms with van der Waals surface area (Å²) in [6.45, 7) is 6.21. The molecule has 2 aromatic carbocycles. The summed E-state index contributed by atoms with van der Waals surface area (Å²) in [4.78, 5) is 12.6. The molecule has 2 aromatic rings. The first-order valence-corrected chi connectivity index (χ1v) is 9.91. The maximum Gasteiger partial charge on any atom is 0.166 e. The molecule has 0 aliphatic carbocycles. The van der Waals surface area contributed by atoms with E-state index in [1.807, 2.05) is 0 Å². The molecule has 29 heavy (non-hydrogen) atoms. The van der Waals surface area contributed by atoms with Crippen molar-refractivity contribution in [2.24, 2.45) is 0 Å². The van der Waals surface area contributed by atoms with Crippen LogP contribution in [0.1, 0.15) is 61.5 Å². The number of Topliss-reactive ketones (excluding diaryl/α,β-unsaturated/α-hetero) is 1. The van der Waals surface area contributed by atoms with E-state index in [1.165, 1.54) is 17.2 Å². The Kier molecular flexibility index (Phi) is 8.08. The monoisotopic (exact) mass is 394 g/mol. The summed E-state index contributed by atoms with van der Waals surface area (Å²) >= 11 is 0. The minimum absolute atomic E-state index is 0.00840. The number of rotatable bonds is 9. The molecular weight excluding hydrogens is 364 g/mol. The van der Waals surface area contributed by atoms with Gasteiger partial charge in [0.15, 0.2) is 5.78 Å². The molecule has 0 aliphatic heterocycles. The molecule has 0 unspecified atom stereocenters. The van der Waals surface area contributed by atoms with Crippen LogP contribution in [0.15, 0.2) is 59.7 Å². The average Bonchev–Trinajstić information content (AvgIpc) is 2.66. The summed E-state index contributed by atoms with van der Waals surface area (Å²) in [6, 6.07) is 9.55. The average molecular weight is 395 g/mol. The molecule has 0 saturated heterocycles. The Morgan fingerprint density at radius 3 is 2.24 bits per heavy atom. The van der Waals surface area contributed by atoms with Crippen LogP contribution >= 0.6 is 0 Å². The fourth-order valence-corrected chi connectivity index (χ4v) is 3.04. The van der Waals surface area contributed by atoms with Crippen LogP contribution < -0.4 is 0 Å². The van der Waals surface area contributed by atoms with Gasteiger partial charge >= 0.3 is 0 Å². The topological polar surface area (TPSA) is 77.8 Å². The predicted octanol–water partition coefficient (Wildman–Crippen LogP) is 5.85. The summed E-state index contributed by atoms with van der Waals surface area (Å²) in [5, 5.41) is 29.6. The molecule has 0 spiro atoms. The first-order chi connectivity index (χ1) is 13.8. The molecule has 154 valence electrons. The zero-order chi connectivity index (χ0) is 21.4. The van der Waals surface area contributed by atoms with Crippen molar-refractivity contribution >= 4 is 5.78 Å². The summed E-state index contributed by atoms with van der Waals surface area (Å²) in [6.07, 6.45) is 7.43. The lowest BCUT2D eigenvalue weighted by molar-refractivity contribution is 0.0980. The van der Waals surface area contributed by atoms with Crippen LogP contribution in [0.4, 0.5) is 0 Å². The fraction of sp³-hybridized carbons (Fsp3) is 0.320. The normalized spacial score (nSPS) is 11.3. The Bertz CT molecular complexity index is 901. The van der Waals surface area contributed by atoms with Crippen LogP contribution in [0, 0.1) is 0 Å². The van der Waals surface area contributed by atoms with Crippen LogP contribution in [-0.2, 0) is 12.8 Å². The first-order valence-electron chi connectivity index (χ1n) is 9.91. The van der Waals surface area contributed by atoms with E-state index in [0.29, 0.717) is 18.4 Å². The van der Waals surface area contributed by atoms with E-state index in [0.717, 1.165) is 18.4 Å². The van der Waals surface area contributed by atoms with Crippen molar-refractivity contribution in [1.82, 2.24) is 0 Å². The molecule has 0 saturated carbocycles. The molecule has 3 N–H and O–H groups in total. The highest BCUT2D eigenvalue weighted by Crippen LogP contribution is 2.29. The van der Waals surface area contributed by atoms with E-state index in [1.54, 1.807) is 30.3 Å². The predicted molar refractivity (Wildman–Crippen MR) is 117 cm³/mol. The number of carbonyl (C=O) groups is 1. The number of carbonyl (C=O) groups excluding carboxylic acids is 1. The van der Waals surface area contributed by atoms with Gasteiger partial charge in [-0.05, 0) is 75.8 Å². The molecule has 0 radical (unpaired) electrons. The van der Waals surface area contributed by atoms with E-state index < -0.39 is 0 Å². The smallest absolute Gasteiger partial charge is 0.166 e. The summed E-state index contributed by atoms with van der Waals surface area (Å²) in [5.41, 5.74) is 4.30. The lowest BCUT2D eigenvalue weighted by atomic mass is 9.98. The molecule has 0 fully saturated rings. The molecule has 4 nitrogen and oxygen atoms in total. The third-order valence-electron chi connectivity index (χ3n) is 4.84. The number of aryl methyl sites for hydroxylation is 1. The van der Waals surface area contributed by atoms with Crippen molar-refractivity contribution < 1.29 is 20.1 Å². The number of ketones is 1. The zero-order valence-electron chi connectivity index (χ0n) is 17.4. The van der Waals surface area contributed by atoms with Crippen molar-refractivity contribution in [2.75, 3.05) is 0 Å². The number of phenols is 3. The lowest BCUT2D eigenvalue weighted by Crippen LogP contribution is -2.03. The quantitative estimate of drug-likeness (QED) is 0.368. The van der Waals surface area contributed by atoms with Crippen LogP contribution in [0.3, 0.4) is 0 Å². The number of hydrogen-bond acceptors (Lipinski definition) is 4. The molecule has 4 heteroatoms. The van der Waals surface area contributed by atoms with Gasteiger partial charge < -0.3 is 15.3 Å². The lowest BCUT2D eigenvalue weighted by Gasteiger charge is -2.09. The number of phenolic OH excluding ortho intramolecular Hbond substituents is 3. The molecular formula is C25H30O4. The van der Waals surface area contributed by atoms with Gasteiger partial charge in [0.2, 0.25) is 0 Å². The van der Waals surface area contributed by atoms with Gasteiger partial charge in [0.05, 0.1) is 5.56 Å². The van der Waals surface area contributed by atoms with Gasteiger partial charge in [-0.15, -0.1) is 0 Å². The maximum atomic E-state index is 12.6. The van der Waals surface area contributed by atoms with Crippen LogP contribution in [-0.4, -0.2) is 21.1 Å². The van der Waals surface area contributed by atoms with Gasteiger partial charge in [-0.25, -0.2) is 0 Å². The Morgan fingerprint density at radius 2 is 1.59 bits per heavy atom. The molecule has 0 aliphatic rings. The number of allylic oxidation sites excluding steroid dienone is 4. The highest BCUT2D eigenvalue weighted by atomic mass is 16.3. The molecule has 0 aromatic heterocycles. The Morgan fingerprint density at radius 1 is 0.897 bits per heavy atom. The SMILES string of the molecule is CC(C)=CCCC(C)=CCc1cc(C(=O)CCc2ccc(O)cc2)c(O)cc1O. The summed E-state index contributed by atoms with van der Waals surface area (Å²) in [7, 11) is 0. The summed E-state index contributed by atoms with van der Waals surface area (Å²) in [5.74, 6) is -0.205. The fourth-order valence-electron chi connectivity index (χ4n) is 3.04. The van der Waals surface area contributed by atoms with Crippen molar-refractivity contribution in [1.29, 1.82) is 0 Å². The van der Waals surface area contributed by atoms with E-state index in [-0.39, 0.29) is 35.0 Å². The van der Waals surface area contributed by atoms with Gasteiger partial charge in [-0.3, -0.25) is 4.79 Å². The number of hydrogen-bond donors (Lipinski definition) is 3. The Labute approximate surface area is 172 Å². The van der Waals surface area contributed by atoms with E-state index in [2.05, 4.69) is 32.9 Å². The van der Waals surface area contributed by atoms with Gasteiger partial charge in [0.1, 0.15) is 17.2 Å². The molecule has 0 bridgehead atoms. The molecule has 0 amide bonds. The first kappa shape index (κ1) is 22.3. The second-order valence-electron chi connectivity index (χ2n) is 7.66. The number of aromatic hydroxyl groups is 3. The highest BCUT2D eigenvalue weighted by Gasteiger charge is 2.15. The van der Waals surface area contributed by atoms with E-state index >= 15 is 0 Å². The standard InChI is InChI=1S/C25H30O4/c1-17(2)5-4-6-18(3)7-11-20-15-22(25(29)16-24(20)28)23(27)14-10-19-8-12-21(26)13-9-19/h5,7-9,12-13,15-16,26,28-29H,4,6,10-11,14H2,1-3H3. The van der Waals surface area contributed by atoms with Gasteiger partial charge in [-0.1, -0.05) is 35.4 Å². The van der Waals surface area contributed by atoms with Crippen molar-refractivity contribution in [3.8, 4) is 17.2 Å². The van der Waals surface area contributed by atoms with Crippen molar-refractivity contribution in [2.45, 2.75) is 52.9 Å². The van der Waals surface area contributed by atoms with Gasteiger partial charge in [0, 0.05) is 12.5 Å². The minimum atomic E-state index is -0.203. The third-order valence-corrected chi connectivity index (χ3v) is 4.84. The van der Waals surface area contributed by atoms with Crippen molar-refractivity contribution in [3.05, 3.63) is 76.4 Å². The number of benzene rings is 2. The highest BCUT2D eigenvalue weighted by molar-refractivity contribution is 5.99.